The summed E-state index contributed by atoms with van der Waals surface area (Å²) in [5, 5.41) is 9.69. The SMILES string of the molecule is CCOc1cc(CN2CCCC[C@@H]2C)ccc1O. The molecule has 0 radical (unpaired) electrons. The molecule has 1 aromatic rings. The fraction of sp³-hybridized carbons (Fsp3) is 0.600. The molecule has 0 unspecified atom stereocenters. The number of hydrogen-bond acceptors (Lipinski definition) is 3. The van der Waals surface area contributed by atoms with E-state index in [4.69, 9.17) is 4.74 Å². The van der Waals surface area contributed by atoms with E-state index < -0.39 is 0 Å². The number of aromatic hydroxyl groups is 1. The van der Waals surface area contributed by atoms with E-state index in [0.29, 0.717) is 18.4 Å². The van der Waals surface area contributed by atoms with Gasteiger partial charge in [0.1, 0.15) is 0 Å². The van der Waals surface area contributed by atoms with Crippen molar-refractivity contribution < 1.29 is 9.84 Å². The fourth-order valence-electron chi connectivity index (χ4n) is 2.56. The summed E-state index contributed by atoms with van der Waals surface area (Å²) in [5.41, 5.74) is 1.21. The number of rotatable bonds is 4. The molecule has 100 valence electrons. The third-order valence-corrected chi connectivity index (χ3v) is 3.65. The predicted octanol–water partition coefficient (Wildman–Crippen LogP) is 3.17. The maximum absolute atomic E-state index is 9.69. The minimum absolute atomic E-state index is 0.229. The Morgan fingerprint density at radius 2 is 2.22 bits per heavy atom. The van der Waals surface area contributed by atoms with E-state index >= 15 is 0 Å². The second-order valence-corrected chi connectivity index (χ2v) is 5.05. The molecule has 1 aromatic carbocycles. The van der Waals surface area contributed by atoms with Crippen LogP contribution >= 0.6 is 0 Å². The van der Waals surface area contributed by atoms with Crippen molar-refractivity contribution in [2.45, 2.75) is 45.7 Å². The van der Waals surface area contributed by atoms with Gasteiger partial charge in [0.2, 0.25) is 0 Å². The monoisotopic (exact) mass is 249 g/mol. The van der Waals surface area contributed by atoms with Crippen LogP contribution in [-0.4, -0.2) is 29.2 Å². The van der Waals surface area contributed by atoms with E-state index in [2.05, 4.69) is 11.8 Å². The number of phenols is 1. The molecule has 0 amide bonds. The fourth-order valence-corrected chi connectivity index (χ4v) is 2.56. The van der Waals surface area contributed by atoms with Crippen molar-refractivity contribution in [1.29, 1.82) is 0 Å². The summed E-state index contributed by atoms with van der Waals surface area (Å²) in [6, 6.07) is 6.33. The van der Waals surface area contributed by atoms with Gasteiger partial charge in [0, 0.05) is 12.6 Å². The minimum Gasteiger partial charge on any atom is -0.504 e. The molecule has 1 saturated heterocycles. The van der Waals surface area contributed by atoms with Gasteiger partial charge in [-0.3, -0.25) is 4.90 Å². The van der Waals surface area contributed by atoms with Gasteiger partial charge in [0.05, 0.1) is 6.61 Å². The summed E-state index contributed by atoms with van der Waals surface area (Å²) >= 11 is 0. The molecule has 0 spiro atoms. The van der Waals surface area contributed by atoms with Gasteiger partial charge in [-0.05, 0) is 50.9 Å². The van der Waals surface area contributed by atoms with Gasteiger partial charge in [0.15, 0.2) is 11.5 Å². The number of phenolic OH excluding ortho intramolecular Hbond substituents is 1. The zero-order chi connectivity index (χ0) is 13.0. The first kappa shape index (κ1) is 13.2. The molecule has 1 aliphatic heterocycles. The van der Waals surface area contributed by atoms with Crippen molar-refractivity contribution >= 4 is 0 Å². The second kappa shape index (κ2) is 6.10. The van der Waals surface area contributed by atoms with Crippen LogP contribution in [0.1, 0.15) is 38.7 Å². The van der Waals surface area contributed by atoms with Crippen molar-refractivity contribution in [3.63, 3.8) is 0 Å². The molecule has 1 aliphatic rings. The average Bonchev–Trinajstić information content (AvgIpc) is 2.36. The lowest BCUT2D eigenvalue weighted by molar-refractivity contribution is 0.152. The molecule has 1 heterocycles. The highest BCUT2D eigenvalue weighted by atomic mass is 16.5. The Kier molecular flexibility index (Phi) is 4.48. The van der Waals surface area contributed by atoms with E-state index in [1.54, 1.807) is 6.07 Å². The van der Waals surface area contributed by atoms with E-state index in [-0.39, 0.29) is 5.75 Å². The predicted molar refractivity (Wildman–Crippen MR) is 73.0 cm³/mol. The minimum atomic E-state index is 0.229. The zero-order valence-corrected chi connectivity index (χ0v) is 11.4. The Labute approximate surface area is 109 Å². The number of benzene rings is 1. The Morgan fingerprint density at radius 1 is 1.39 bits per heavy atom. The third-order valence-electron chi connectivity index (χ3n) is 3.65. The largest absolute Gasteiger partial charge is 0.504 e. The maximum Gasteiger partial charge on any atom is 0.161 e. The lowest BCUT2D eigenvalue weighted by Crippen LogP contribution is -2.36. The Balaban J connectivity index is 2.06. The first-order valence-electron chi connectivity index (χ1n) is 6.89. The van der Waals surface area contributed by atoms with Crippen molar-refractivity contribution in [2.75, 3.05) is 13.2 Å². The van der Waals surface area contributed by atoms with E-state index in [1.807, 2.05) is 19.1 Å². The number of piperidine rings is 1. The van der Waals surface area contributed by atoms with Crippen molar-refractivity contribution in [2.24, 2.45) is 0 Å². The molecule has 1 fully saturated rings. The van der Waals surface area contributed by atoms with Crippen LogP contribution in [0, 0.1) is 0 Å². The molecule has 3 nitrogen and oxygen atoms in total. The summed E-state index contributed by atoms with van der Waals surface area (Å²) in [6.45, 7) is 6.92. The summed E-state index contributed by atoms with van der Waals surface area (Å²) in [4.78, 5) is 2.51. The van der Waals surface area contributed by atoms with Gasteiger partial charge in [-0.25, -0.2) is 0 Å². The van der Waals surface area contributed by atoms with Crippen LogP contribution in [0.3, 0.4) is 0 Å². The van der Waals surface area contributed by atoms with Crippen molar-refractivity contribution in [3.05, 3.63) is 23.8 Å². The molecule has 0 aliphatic carbocycles. The highest BCUT2D eigenvalue weighted by Crippen LogP contribution is 2.28. The summed E-state index contributed by atoms with van der Waals surface area (Å²) < 4.78 is 5.42. The van der Waals surface area contributed by atoms with E-state index in [9.17, 15) is 5.11 Å². The molecule has 0 saturated carbocycles. The van der Waals surface area contributed by atoms with Gasteiger partial charge >= 0.3 is 0 Å². The molecule has 1 atom stereocenters. The van der Waals surface area contributed by atoms with Gasteiger partial charge in [0.25, 0.3) is 0 Å². The Hall–Kier alpha value is -1.22. The molecule has 3 heteroatoms. The molecule has 1 N–H and O–H groups in total. The molecule has 0 bridgehead atoms. The van der Waals surface area contributed by atoms with Gasteiger partial charge < -0.3 is 9.84 Å². The lowest BCUT2D eigenvalue weighted by Gasteiger charge is -2.33. The molecule has 0 aromatic heterocycles. The Bertz CT molecular complexity index is 392. The molecular formula is C15H23NO2. The van der Waals surface area contributed by atoms with Gasteiger partial charge in [-0.1, -0.05) is 12.5 Å². The van der Waals surface area contributed by atoms with Gasteiger partial charge in [-0.15, -0.1) is 0 Å². The molecule has 18 heavy (non-hydrogen) atoms. The van der Waals surface area contributed by atoms with Crippen LogP contribution in [0.25, 0.3) is 0 Å². The highest BCUT2D eigenvalue weighted by molar-refractivity contribution is 5.41. The van der Waals surface area contributed by atoms with E-state index in [1.165, 1.54) is 31.4 Å². The van der Waals surface area contributed by atoms with Crippen molar-refractivity contribution in [3.8, 4) is 11.5 Å². The second-order valence-electron chi connectivity index (χ2n) is 5.05. The number of hydrogen-bond donors (Lipinski definition) is 1. The standard InChI is InChI=1S/C15H23NO2/c1-3-18-15-10-13(7-8-14(15)17)11-16-9-5-4-6-12(16)2/h7-8,10,12,17H,3-6,9,11H2,1-2H3/t12-/m0/s1. The quantitative estimate of drug-likeness (QED) is 0.889. The summed E-state index contributed by atoms with van der Waals surface area (Å²) in [7, 11) is 0. The van der Waals surface area contributed by atoms with Gasteiger partial charge in [-0.2, -0.15) is 0 Å². The lowest BCUT2D eigenvalue weighted by atomic mass is 10.0. The van der Waals surface area contributed by atoms with Crippen LogP contribution in [0.4, 0.5) is 0 Å². The summed E-state index contributed by atoms with van der Waals surface area (Å²) in [6.07, 6.45) is 3.93. The number of ether oxygens (including phenoxy) is 1. The Morgan fingerprint density at radius 3 is 2.94 bits per heavy atom. The normalized spacial score (nSPS) is 20.9. The topological polar surface area (TPSA) is 32.7 Å². The maximum atomic E-state index is 9.69. The van der Waals surface area contributed by atoms with Crippen LogP contribution in [0.5, 0.6) is 11.5 Å². The number of likely N-dealkylation sites (tertiary alicyclic amines) is 1. The first-order chi connectivity index (χ1) is 8.70. The van der Waals surface area contributed by atoms with E-state index in [0.717, 1.165) is 6.54 Å². The zero-order valence-electron chi connectivity index (χ0n) is 11.4. The van der Waals surface area contributed by atoms with Crippen LogP contribution in [0.15, 0.2) is 18.2 Å². The van der Waals surface area contributed by atoms with Crippen LogP contribution in [-0.2, 0) is 6.54 Å². The average molecular weight is 249 g/mol. The molecular weight excluding hydrogens is 226 g/mol. The van der Waals surface area contributed by atoms with Crippen LogP contribution < -0.4 is 4.74 Å². The van der Waals surface area contributed by atoms with Crippen molar-refractivity contribution in [1.82, 2.24) is 4.90 Å². The highest BCUT2D eigenvalue weighted by Gasteiger charge is 2.18. The molecule has 2 rings (SSSR count). The third kappa shape index (κ3) is 3.16. The number of nitrogens with zero attached hydrogens (tertiary/aromatic N) is 1. The summed E-state index contributed by atoms with van der Waals surface area (Å²) in [5.74, 6) is 0.826. The van der Waals surface area contributed by atoms with Crippen LogP contribution in [0.2, 0.25) is 0 Å². The first-order valence-corrected chi connectivity index (χ1v) is 6.89. The smallest absolute Gasteiger partial charge is 0.161 e.